The van der Waals surface area contributed by atoms with E-state index in [1.165, 1.54) is 0 Å². The van der Waals surface area contributed by atoms with Crippen LogP contribution in [0.5, 0.6) is 0 Å². The average molecular weight is 227 g/mol. The maximum absolute atomic E-state index is 8.86. The molecule has 2 aromatic rings. The first-order valence-electron chi connectivity index (χ1n) is 5.20. The number of anilines is 2. The van der Waals surface area contributed by atoms with Gasteiger partial charge in [0.05, 0.1) is 11.8 Å². The van der Waals surface area contributed by atoms with Crippen molar-refractivity contribution in [3.8, 4) is 6.07 Å². The predicted octanol–water partition coefficient (Wildman–Crippen LogP) is 1.49. The van der Waals surface area contributed by atoms with Crippen LogP contribution in [0.2, 0.25) is 0 Å². The Bertz CT molecular complexity index is 565. The van der Waals surface area contributed by atoms with Crippen LogP contribution in [0.15, 0.2) is 30.6 Å². The van der Waals surface area contributed by atoms with E-state index in [2.05, 4.69) is 16.5 Å². The van der Waals surface area contributed by atoms with E-state index in [9.17, 15) is 0 Å². The first kappa shape index (κ1) is 11.0. The molecule has 0 saturated carbocycles. The highest BCUT2D eigenvalue weighted by atomic mass is 15.2. The van der Waals surface area contributed by atoms with Crippen molar-refractivity contribution in [2.75, 3.05) is 11.1 Å². The fourth-order valence-electron chi connectivity index (χ4n) is 1.53. The molecule has 1 aromatic carbocycles. The summed E-state index contributed by atoms with van der Waals surface area (Å²) in [4.78, 5) is 0. The number of nitrogens with zero attached hydrogens (tertiary/aromatic N) is 3. The molecule has 86 valence electrons. The highest BCUT2D eigenvalue weighted by Crippen LogP contribution is 2.17. The minimum atomic E-state index is 0.487. The van der Waals surface area contributed by atoms with Crippen molar-refractivity contribution < 1.29 is 0 Å². The van der Waals surface area contributed by atoms with Crippen LogP contribution in [-0.4, -0.2) is 9.78 Å². The Balaban J connectivity index is 2.07. The number of aromatic nitrogens is 2. The third kappa shape index (κ3) is 2.55. The van der Waals surface area contributed by atoms with Crippen LogP contribution in [0.1, 0.15) is 11.1 Å². The molecule has 1 aromatic heterocycles. The molecule has 1 heterocycles. The van der Waals surface area contributed by atoms with Crippen LogP contribution in [0.25, 0.3) is 0 Å². The van der Waals surface area contributed by atoms with Crippen molar-refractivity contribution in [3.05, 3.63) is 41.7 Å². The maximum atomic E-state index is 8.86. The Labute approximate surface area is 99.5 Å². The molecule has 5 heteroatoms. The Hall–Kier alpha value is -2.48. The fraction of sp³-hybridized carbons (Fsp3) is 0.167. The van der Waals surface area contributed by atoms with Gasteiger partial charge in [-0.2, -0.15) is 10.4 Å². The van der Waals surface area contributed by atoms with E-state index < -0.39 is 0 Å². The van der Waals surface area contributed by atoms with Crippen LogP contribution in [0.4, 0.5) is 11.4 Å². The molecule has 0 atom stereocenters. The molecule has 0 spiro atoms. The summed E-state index contributed by atoms with van der Waals surface area (Å²) in [6, 6.07) is 7.38. The van der Waals surface area contributed by atoms with Gasteiger partial charge in [0.25, 0.3) is 0 Å². The molecule has 17 heavy (non-hydrogen) atoms. The zero-order valence-corrected chi connectivity index (χ0v) is 9.51. The van der Waals surface area contributed by atoms with Gasteiger partial charge in [-0.25, -0.2) is 0 Å². The summed E-state index contributed by atoms with van der Waals surface area (Å²) in [7, 11) is 1.88. The lowest BCUT2D eigenvalue weighted by Gasteiger charge is -2.06. The molecule has 5 nitrogen and oxygen atoms in total. The smallest absolute Gasteiger partial charge is 0.101 e. The number of benzene rings is 1. The lowest BCUT2D eigenvalue weighted by atomic mass is 10.2. The number of rotatable bonds is 3. The number of hydrogen-bond acceptors (Lipinski definition) is 4. The van der Waals surface area contributed by atoms with Gasteiger partial charge in [0, 0.05) is 36.7 Å². The van der Waals surface area contributed by atoms with Crippen LogP contribution in [0.3, 0.4) is 0 Å². The van der Waals surface area contributed by atoms with Gasteiger partial charge in [-0.05, 0) is 18.2 Å². The topological polar surface area (TPSA) is 79.7 Å². The summed E-state index contributed by atoms with van der Waals surface area (Å²) in [6.07, 6.45) is 3.74. The minimum Gasteiger partial charge on any atom is -0.398 e. The van der Waals surface area contributed by atoms with Gasteiger partial charge < -0.3 is 11.1 Å². The number of nitrogens with two attached hydrogens (primary N) is 1. The quantitative estimate of drug-likeness (QED) is 0.778. The third-order valence-corrected chi connectivity index (χ3v) is 2.43. The minimum absolute atomic E-state index is 0.487. The number of nitriles is 1. The van der Waals surface area contributed by atoms with E-state index >= 15 is 0 Å². The second kappa shape index (κ2) is 4.58. The Morgan fingerprint density at radius 3 is 3.00 bits per heavy atom. The van der Waals surface area contributed by atoms with Crippen LogP contribution < -0.4 is 11.1 Å². The second-order valence-electron chi connectivity index (χ2n) is 3.79. The van der Waals surface area contributed by atoms with Gasteiger partial charge in [-0.1, -0.05) is 0 Å². The van der Waals surface area contributed by atoms with Gasteiger partial charge in [-0.3, -0.25) is 4.68 Å². The maximum Gasteiger partial charge on any atom is 0.101 e. The monoisotopic (exact) mass is 227 g/mol. The van der Waals surface area contributed by atoms with E-state index in [4.69, 9.17) is 11.0 Å². The molecule has 0 amide bonds. The Morgan fingerprint density at radius 2 is 2.35 bits per heavy atom. The standard InChI is InChI=1S/C12H13N5/c1-17-8-9(7-16-17)6-15-11-2-3-12(14)10(4-11)5-13/h2-4,7-8,15H,6,14H2,1H3. The van der Waals surface area contributed by atoms with E-state index in [0.29, 0.717) is 17.8 Å². The van der Waals surface area contributed by atoms with Crippen molar-refractivity contribution in [1.29, 1.82) is 5.26 Å². The predicted molar refractivity (Wildman–Crippen MR) is 66.1 cm³/mol. The zero-order chi connectivity index (χ0) is 12.3. The van der Waals surface area contributed by atoms with Crippen LogP contribution >= 0.6 is 0 Å². The molecule has 0 aliphatic rings. The summed E-state index contributed by atoms with van der Waals surface area (Å²) >= 11 is 0. The summed E-state index contributed by atoms with van der Waals surface area (Å²) in [6.45, 7) is 0.669. The van der Waals surface area contributed by atoms with Crippen molar-refractivity contribution in [2.24, 2.45) is 7.05 Å². The second-order valence-corrected chi connectivity index (χ2v) is 3.79. The van der Waals surface area contributed by atoms with E-state index in [1.54, 1.807) is 23.0 Å². The Morgan fingerprint density at radius 1 is 1.53 bits per heavy atom. The summed E-state index contributed by atoms with van der Waals surface area (Å²) in [5.74, 6) is 0. The largest absolute Gasteiger partial charge is 0.398 e. The number of nitrogens with one attached hydrogen (secondary N) is 1. The van der Waals surface area contributed by atoms with Gasteiger partial charge in [0.2, 0.25) is 0 Å². The molecule has 0 radical (unpaired) electrons. The van der Waals surface area contributed by atoms with Crippen LogP contribution in [-0.2, 0) is 13.6 Å². The van der Waals surface area contributed by atoms with E-state index in [-0.39, 0.29) is 0 Å². The highest BCUT2D eigenvalue weighted by molar-refractivity contribution is 5.61. The zero-order valence-electron chi connectivity index (χ0n) is 9.51. The molecule has 0 bridgehead atoms. The summed E-state index contributed by atoms with van der Waals surface area (Å²) < 4.78 is 1.75. The fourth-order valence-corrected chi connectivity index (χ4v) is 1.53. The normalized spacial score (nSPS) is 9.88. The van der Waals surface area contributed by atoms with Crippen LogP contribution in [0, 0.1) is 11.3 Å². The van der Waals surface area contributed by atoms with Crippen molar-refractivity contribution in [3.63, 3.8) is 0 Å². The van der Waals surface area contributed by atoms with Crippen molar-refractivity contribution >= 4 is 11.4 Å². The van der Waals surface area contributed by atoms with Gasteiger partial charge in [0.15, 0.2) is 0 Å². The molecule has 0 aliphatic heterocycles. The molecule has 2 rings (SSSR count). The molecule has 0 aliphatic carbocycles. The number of hydrogen-bond donors (Lipinski definition) is 2. The summed E-state index contributed by atoms with van der Waals surface area (Å²) in [5, 5.41) is 16.2. The van der Waals surface area contributed by atoms with Crippen molar-refractivity contribution in [2.45, 2.75) is 6.54 Å². The molecule has 0 saturated heterocycles. The van der Waals surface area contributed by atoms with E-state index in [1.807, 2.05) is 19.3 Å². The van der Waals surface area contributed by atoms with E-state index in [0.717, 1.165) is 11.3 Å². The Kier molecular flexibility index (Phi) is 2.97. The third-order valence-electron chi connectivity index (χ3n) is 2.43. The SMILES string of the molecule is Cn1cc(CNc2ccc(N)c(C#N)c2)cn1. The lowest BCUT2D eigenvalue weighted by molar-refractivity contribution is 0.767. The molecule has 0 unspecified atom stereocenters. The first-order chi connectivity index (χ1) is 8.19. The summed E-state index contributed by atoms with van der Waals surface area (Å²) in [5.41, 5.74) is 8.59. The van der Waals surface area contributed by atoms with Gasteiger partial charge in [-0.15, -0.1) is 0 Å². The lowest BCUT2D eigenvalue weighted by Crippen LogP contribution is -2.00. The molecular formula is C12H13N5. The number of nitrogen functional groups attached to an aromatic ring is 1. The first-order valence-corrected chi connectivity index (χ1v) is 5.20. The van der Waals surface area contributed by atoms with Gasteiger partial charge >= 0.3 is 0 Å². The number of aryl methyl sites for hydroxylation is 1. The van der Waals surface area contributed by atoms with Crippen molar-refractivity contribution in [1.82, 2.24) is 9.78 Å². The molecule has 0 fully saturated rings. The highest BCUT2D eigenvalue weighted by Gasteiger charge is 2.01. The average Bonchev–Trinajstić information content (AvgIpc) is 2.74. The molecule has 3 N–H and O–H groups in total. The molecular weight excluding hydrogens is 214 g/mol. The van der Waals surface area contributed by atoms with Gasteiger partial charge in [0.1, 0.15) is 6.07 Å².